The molecule has 1 aliphatic carbocycles. The second-order valence-corrected chi connectivity index (χ2v) is 5.54. The van der Waals surface area contributed by atoms with Crippen LogP contribution in [0.15, 0.2) is 59.7 Å². The van der Waals surface area contributed by atoms with Crippen LogP contribution in [0.3, 0.4) is 0 Å². The number of nitrogens with zero attached hydrogens (tertiary/aromatic N) is 1. The number of likely N-dealkylation sites (N-methyl/N-ethyl adjacent to an activating group) is 1. The quantitative estimate of drug-likeness (QED) is 0.530. The minimum absolute atomic E-state index is 0.140. The van der Waals surface area contributed by atoms with E-state index in [0.717, 1.165) is 5.69 Å². The van der Waals surface area contributed by atoms with Crippen LogP contribution in [0, 0.1) is 5.41 Å². The van der Waals surface area contributed by atoms with E-state index in [0.29, 0.717) is 11.3 Å². The lowest BCUT2D eigenvalue weighted by molar-refractivity contribution is -0.125. The first-order valence-electron chi connectivity index (χ1n) is 7.96. The fourth-order valence-corrected chi connectivity index (χ4v) is 2.17. The lowest BCUT2D eigenvalue weighted by Gasteiger charge is -2.18. The van der Waals surface area contributed by atoms with Gasteiger partial charge in [0.1, 0.15) is 24.1 Å². The van der Waals surface area contributed by atoms with Gasteiger partial charge in [-0.1, -0.05) is 6.07 Å². The maximum Gasteiger partial charge on any atom is 0.268 e. The molecule has 0 unspecified atom stereocenters. The summed E-state index contributed by atoms with van der Waals surface area (Å²) >= 11 is 0. The Morgan fingerprint density at radius 2 is 2.12 bits per heavy atom. The monoisotopic (exact) mass is 355 g/mol. The largest absolute Gasteiger partial charge is 0.487 e. The average molecular weight is 355 g/mol. The van der Waals surface area contributed by atoms with E-state index < -0.39 is 17.9 Å². The standard InChI is InChI=1S/C18H21N5O3/c1-11(17(20)24)23-18(25)16(21-2)14-9-13(6-7-15(14)19)26-10-12-5-3-4-8-22-12/h3-9,11,19,21H,10H2,1-2H3,(H2,20,24)(H,23,25)/b16-14-,19-15?/t11-/m0/s1. The van der Waals surface area contributed by atoms with Crippen molar-refractivity contribution >= 4 is 17.5 Å². The van der Waals surface area contributed by atoms with Gasteiger partial charge in [-0.05, 0) is 37.3 Å². The van der Waals surface area contributed by atoms with Crippen LogP contribution < -0.4 is 16.4 Å². The Morgan fingerprint density at radius 3 is 2.73 bits per heavy atom. The molecule has 136 valence electrons. The molecule has 2 amide bonds. The van der Waals surface area contributed by atoms with Crippen molar-refractivity contribution in [1.29, 1.82) is 5.41 Å². The summed E-state index contributed by atoms with van der Waals surface area (Å²) in [6.07, 6.45) is 6.44. The summed E-state index contributed by atoms with van der Waals surface area (Å²) in [5.74, 6) is -0.688. The number of hydrogen-bond donors (Lipinski definition) is 4. The Bertz CT molecular complexity index is 796. The third kappa shape index (κ3) is 4.79. The van der Waals surface area contributed by atoms with Crippen molar-refractivity contribution in [2.45, 2.75) is 19.6 Å². The van der Waals surface area contributed by atoms with Crippen molar-refractivity contribution in [2.24, 2.45) is 5.73 Å². The Hall–Kier alpha value is -3.42. The molecule has 26 heavy (non-hydrogen) atoms. The van der Waals surface area contributed by atoms with Gasteiger partial charge in [-0.15, -0.1) is 0 Å². The number of allylic oxidation sites excluding steroid dienone is 4. The molecule has 0 fully saturated rings. The van der Waals surface area contributed by atoms with E-state index in [1.54, 1.807) is 25.4 Å². The molecule has 1 atom stereocenters. The molecule has 1 aromatic heterocycles. The summed E-state index contributed by atoms with van der Waals surface area (Å²) in [4.78, 5) is 27.7. The second-order valence-electron chi connectivity index (χ2n) is 5.54. The van der Waals surface area contributed by atoms with Crippen molar-refractivity contribution < 1.29 is 14.3 Å². The Morgan fingerprint density at radius 1 is 1.35 bits per heavy atom. The maximum absolute atomic E-state index is 12.4. The van der Waals surface area contributed by atoms with Crippen LogP contribution in [0.5, 0.6) is 0 Å². The molecule has 0 aliphatic heterocycles. The van der Waals surface area contributed by atoms with Crippen molar-refractivity contribution in [1.82, 2.24) is 15.6 Å². The van der Waals surface area contributed by atoms with Gasteiger partial charge in [0.15, 0.2) is 0 Å². The number of ether oxygens (including phenoxy) is 1. The molecule has 8 nitrogen and oxygen atoms in total. The number of nitrogens with one attached hydrogen (secondary N) is 3. The molecule has 1 aromatic rings. The number of rotatable bonds is 7. The summed E-state index contributed by atoms with van der Waals surface area (Å²) in [6, 6.07) is 4.68. The number of carbonyl (C=O) groups is 2. The lowest BCUT2D eigenvalue weighted by Crippen LogP contribution is -2.44. The molecule has 0 radical (unpaired) electrons. The first-order valence-corrected chi connectivity index (χ1v) is 7.96. The molecule has 0 aromatic carbocycles. The summed E-state index contributed by atoms with van der Waals surface area (Å²) in [5, 5.41) is 13.3. The molecule has 0 saturated heterocycles. The fourth-order valence-electron chi connectivity index (χ4n) is 2.17. The van der Waals surface area contributed by atoms with E-state index in [4.69, 9.17) is 15.9 Å². The summed E-state index contributed by atoms with van der Waals surface area (Å²) < 4.78 is 5.69. The van der Waals surface area contributed by atoms with E-state index in [1.165, 1.54) is 13.0 Å². The third-order valence-corrected chi connectivity index (χ3v) is 3.62. The van der Waals surface area contributed by atoms with Crippen molar-refractivity contribution in [3.8, 4) is 0 Å². The van der Waals surface area contributed by atoms with Crippen molar-refractivity contribution in [3.05, 3.63) is 65.3 Å². The number of pyridine rings is 1. The molecule has 0 bridgehead atoms. The normalized spacial score (nSPS) is 16.4. The minimum Gasteiger partial charge on any atom is -0.487 e. The van der Waals surface area contributed by atoms with Gasteiger partial charge in [0.2, 0.25) is 5.91 Å². The zero-order valence-electron chi connectivity index (χ0n) is 14.6. The zero-order chi connectivity index (χ0) is 19.1. The smallest absolute Gasteiger partial charge is 0.268 e. The molecule has 1 heterocycles. The van der Waals surface area contributed by atoms with Gasteiger partial charge >= 0.3 is 0 Å². The molecule has 2 rings (SSSR count). The van der Waals surface area contributed by atoms with E-state index in [1.807, 2.05) is 18.2 Å². The third-order valence-electron chi connectivity index (χ3n) is 3.62. The highest BCUT2D eigenvalue weighted by Gasteiger charge is 2.21. The van der Waals surface area contributed by atoms with Gasteiger partial charge in [-0.3, -0.25) is 14.6 Å². The number of amides is 2. The number of carbonyl (C=O) groups excluding carboxylic acids is 2. The number of primary amides is 1. The summed E-state index contributed by atoms with van der Waals surface area (Å²) in [5.41, 5.74) is 6.56. The van der Waals surface area contributed by atoms with Gasteiger partial charge in [-0.25, -0.2) is 0 Å². The van der Waals surface area contributed by atoms with Crippen LogP contribution in [0.25, 0.3) is 0 Å². The lowest BCUT2D eigenvalue weighted by atomic mass is 10.0. The van der Waals surface area contributed by atoms with Crippen LogP contribution >= 0.6 is 0 Å². The topological polar surface area (TPSA) is 130 Å². The Labute approximate surface area is 151 Å². The molecule has 5 N–H and O–H groups in total. The van der Waals surface area contributed by atoms with Gasteiger partial charge in [-0.2, -0.15) is 0 Å². The molecular weight excluding hydrogens is 334 g/mol. The van der Waals surface area contributed by atoms with Crippen LogP contribution in [0.2, 0.25) is 0 Å². The molecule has 1 aliphatic rings. The van der Waals surface area contributed by atoms with Crippen LogP contribution in [-0.2, 0) is 20.9 Å². The van der Waals surface area contributed by atoms with E-state index in [2.05, 4.69) is 15.6 Å². The molecular formula is C18H21N5O3. The number of hydrogen-bond acceptors (Lipinski definition) is 6. The summed E-state index contributed by atoms with van der Waals surface area (Å²) in [6.45, 7) is 1.75. The first-order chi connectivity index (χ1) is 12.4. The van der Waals surface area contributed by atoms with Gasteiger partial charge in [0.05, 0.1) is 11.4 Å². The maximum atomic E-state index is 12.4. The molecule has 8 heteroatoms. The van der Waals surface area contributed by atoms with Crippen molar-refractivity contribution in [2.75, 3.05) is 7.05 Å². The molecule has 0 spiro atoms. The van der Waals surface area contributed by atoms with Crippen LogP contribution in [0.1, 0.15) is 12.6 Å². The second kappa shape index (κ2) is 8.61. The highest BCUT2D eigenvalue weighted by atomic mass is 16.5. The molecule has 0 saturated carbocycles. The highest BCUT2D eigenvalue weighted by molar-refractivity contribution is 6.14. The minimum atomic E-state index is -0.830. The fraction of sp³-hybridized carbons (Fsp3) is 0.222. The van der Waals surface area contributed by atoms with Crippen LogP contribution in [0.4, 0.5) is 0 Å². The predicted molar refractivity (Wildman–Crippen MR) is 96.9 cm³/mol. The highest BCUT2D eigenvalue weighted by Crippen LogP contribution is 2.18. The average Bonchev–Trinajstić information content (AvgIpc) is 2.63. The number of aromatic nitrogens is 1. The van der Waals surface area contributed by atoms with Gasteiger partial charge < -0.3 is 26.5 Å². The Kier molecular flexibility index (Phi) is 6.26. The summed E-state index contributed by atoms with van der Waals surface area (Å²) in [7, 11) is 1.56. The first kappa shape index (κ1) is 18.9. The van der Waals surface area contributed by atoms with E-state index >= 15 is 0 Å². The zero-order valence-corrected chi connectivity index (χ0v) is 14.6. The van der Waals surface area contributed by atoms with E-state index in [-0.39, 0.29) is 18.0 Å². The van der Waals surface area contributed by atoms with Crippen LogP contribution in [-0.4, -0.2) is 35.6 Å². The van der Waals surface area contributed by atoms with Crippen molar-refractivity contribution in [3.63, 3.8) is 0 Å². The Balaban J connectivity index is 2.20. The SMILES string of the molecule is CN/C(C(=O)N[C@@H](C)C(N)=O)=C1/C=C(OCc2ccccn2)C=CC1=N. The number of nitrogens with two attached hydrogens (primary N) is 1. The van der Waals surface area contributed by atoms with Gasteiger partial charge in [0, 0.05) is 18.8 Å². The predicted octanol–water partition coefficient (Wildman–Crippen LogP) is 0.535. The van der Waals surface area contributed by atoms with Gasteiger partial charge in [0.25, 0.3) is 5.91 Å². The van der Waals surface area contributed by atoms with E-state index in [9.17, 15) is 9.59 Å².